The summed E-state index contributed by atoms with van der Waals surface area (Å²) < 4.78 is 0. The van der Waals surface area contributed by atoms with E-state index in [-0.39, 0.29) is 11.5 Å². The number of aldehydes is 1. The van der Waals surface area contributed by atoms with E-state index in [9.17, 15) is 9.90 Å². The first kappa shape index (κ1) is 9.83. The van der Waals surface area contributed by atoms with Crippen molar-refractivity contribution in [3.8, 4) is 0 Å². The lowest BCUT2D eigenvalue weighted by molar-refractivity contribution is -0.163. The van der Waals surface area contributed by atoms with Gasteiger partial charge in [-0.25, -0.2) is 0 Å². The molecule has 4 rings (SSSR count). The van der Waals surface area contributed by atoms with Crippen molar-refractivity contribution >= 4 is 6.29 Å². The summed E-state index contributed by atoms with van der Waals surface area (Å²) >= 11 is 0. The molecule has 1 N–H and O–H groups in total. The Bertz CT molecular complexity index is 254. The van der Waals surface area contributed by atoms with Gasteiger partial charge in [-0.2, -0.15) is 0 Å². The van der Waals surface area contributed by atoms with E-state index in [1.165, 1.54) is 25.7 Å². The smallest absolute Gasteiger partial charge is 0.120 e. The van der Waals surface area contributed by atoms with Gasteiger partial charge in [0.2, 0.25) is 0 Å². The van der Waals surface area contributed by atoms with Gasteiger partial charge in [0.15, 0.2) is 0 Å². The van der Waals surface area contributed by atoms with Gasteiger partial charge in [-0.1, -0.05) is 6.92 Å². The molecule has 0 unspecified atom stereocenters. The van der Waals surface area contributed by atoms with Gasteiger partial charge in [0.25, 0.3) is 0 Å². The van der Waals surface area contributed by atoms with Gasteiger partial charge >= 0.3 is 0 Å². The maximum Gasteiger partial charge on any atom is 0.120 e. The van der Waals surface area contributed by atoms with E-state index in [0.29, 0.717) is 23.7 Å². The van der Waals surface area contributed by atoms with Crippen LogP contribution in [0.3, 0.4) is 0 Å². The molecule has 4 saturated carbocycles. The van der Waals surface area contributed by atoms with E-state index in [2.05, 4.69) is 6.92 Å². The summed E-state index contributed by atoms with van der Waals surface area (Å²) in [4.78, 5) is 10.8. The molecule has 4 aliphatic rings. The first-order valence-corrected chi connectivity index (χ1v) is 6.27. The Labute approximate surface area is 91.1 Å². The number of hydrogen-bond acceptors (Lipinski definition) is 2. The zero-order chi connectivity index (χ0) is 10.6. The minimum absolute atomic E-state index is 0.0294. The van der Waals surface area contributed by atoms with Gasteiger partial charge in [-0.15, -0.1) is 0 Å². The molecule has 15 heavy (non-hydrogen) atoms. The third kappa shape index (κ3) is 1.17. The molecule has 0 amide bonds. The second-order valence-electron chi connectivity index (χ2n) is 6.22. The first-order chi connectivity index (χ1) is 7.15. The molecule has 2 heteroatoms. The lowest BCUT2D eigenvalue weighted by Gasteiger charge is -2.61. The zero-order valence-electron chi connectivity index (χ0n) is 9.36. The maximum absolute atomic E-state index is 10.8. The Morgan fingerprint density at radius 1 is 1.20 bits per heavy atom. The van der Waals surface area contributed by atoms with Gasteiger partial charge < -0.3 is 9.90 Å². The summed E-state index contributed by atoms with van der Waals surface area (Å²) in [7, 11) is 0. The van der Waals surface area contributed by atoms with Gasteiger partial charge in [0.1, 0.15) is 6.29 Å². The van der Waals surface area contributed by atoms with Crippen LogP contribution in [0, 0.1) is 29.1 Å². The fourth-order valence-electron chi connectivity index (χ4n) is 4.71. The van der Waals surface area contributed by atoms with E-state index in [0.717, 1.165) is 12.7 Å². The highest BCUT2D eigenvalue weighted by Crippen LogP contribution is 2.62. The van der Waals surface area contributed by atoms with Gasteiger partial charge in [-0.05, 0) is 54.8 Å². The van der Waals surface area contributed by atoms with Gasteiger partial charge in [0, 0.05) is 6.42 Å². The molecule has 0 aromatic carbocycles. The molecule has 0 radical (unpaired) electrons. The molecule has 0 saturated heterocycles. The van der Waals surface area contributed by atoms with Gasteiger partial charge in [0.05, 0.1) is 6.10 Å². The third-order valence-corrected chi connectivity index (χ3v) is 5.70. The van der Waals surface area contributed by atoms with Crippen LogP contribution in [0.25, 0.3) is 0 Å². The van der Waals surface area contributed by atoms with Crippen LogP contribution in [-0.4, -0.2) is 17.5 Å². The second kappa shape index (κ2) is 3.07. The highest BCUT2D eigenvalue weighted by Gasteiger charge is 2.57. The fourth-order valence-corrected chi connectivity index (χ4v) is 4.71. The summed E-state index contributed by atoms with van der Waals surface area (Å²) in [5.41, 5.74) is 0.259. The Hall–Kier alpha value is -0.370. The Balaban J connectivity index is 1.90. The molecule has 0 aliphatic heterocycles. The largest absolute Gasteiger partial charge is 0.393 e. The molecule has 84 valence electrons. The van der Waals surface area contributed by atoms with Crippen molar-refractivity contribution in [2.24, 2.45) is 29.1 Å². The van der Waals surface area contributed by atoms with Crippen molar-refractivity contribution in [3.05, 3.63) is 0 Å². The quantitative estimate of drug-likeness (QED) is 0.705. The second-order valence-corrected chi connectivity index (χ2v) is 6.22. The number of hydrogen-bond donors (Lipinski definition) is 1. The molecule has 2 nitrogen and oxygen atoms in total. The summed E-state index contributed by atoms with van der Waals surface area (Å²) in [6.07, 6.45) is 6.48. The van der Waals surface area contributed by atoms with Crippen LogP contribution in [0.15, 0.2) is 0 Å². The molecule has 4 bridgehead atoms. The lowest BCUT2D eigenvalue weighted by Crippen LogP contribution is -2.57. The van der Waals surface area contributed by atoms with Crippen LogP contribution in [0.4, 0.5) is 0 Å². The summed E-state index contributed by atoms with van der Waals surface area (Å²) in [5.74, 6) is 2.50. The number of carbonyl (C=O) groups is 1. The average Bonchev–Trinajstić information content (AvgIpc) is 2.16. The van der Waals surface area contributed by atoms with E-state index < -0.39 is 0 Å². The molecule has 0 aromatic rings. The lowest BCUT2D eigenvalue weighted by atomic mass is 9.44. The third-order valence-electron chi connectivity index (χ3n) is 5.70. The Morgan fingerprint density at radius 3 is 2.07 bits per heavy atom. The molecule has 0 aromatic heterocycles. The van der Waals surface area contributed by atoms with Gasteiger partial charge in [-0.3, -0.25) is 0 Å². The minimum Gasteiger partial charge on any atom is -0.393 e. The zero-order valence-corrected chi connectivity index (χ0v) is 9.36. The highest BCUT2D eigenvalue weighted by molar-refractivity contribution is 5.51. The molecule has 4 aliphatic carbocycles. The monoisotopic (exact) mass is 208 g/mol. The Morgan fingerprint density at radius 2 is 1.67 bits per heavy atom. The SMILES string of the molecule is CC1(CC=O)C2CC3CC1CC(C2)C3O. The highest BCUT2D eigenvalue weighted by atomic mass is 16.3. The van der Waals surface area contributed by atoms with Crippen molar-refractivity contribution in [2.45, 2.75) is 45.1 Å². The van der Waals surface area contributed by atoms with E-state index in [1.807, 2.05) is 0 Å². The molecule has 0 heterocycles. The van der Waals surface area contributed by atoms with E-state index in [1.54, 1.807) is 0 Å². The van der Waals surface area contributed by atoms with Crippen LogP contribution in [0.2, 0.25) is 0 Å². The topological polar surface area (TPSA) is 37.3 Å². The molecule has 4 fully saturated rings. The van der Waals surface area contributed by atoms with Crippen molar-refractivity contribution in [1.82, 2.24) is 0 Å². The minimum atomic E-state index is -0.0294. The standard InChI is InChI=1S/C13H20O2/c1-13(2-3-14)10-4-8-5-11(13)7-9(6-10)12(8)15/h3,8-12,15H,2,4-7H2,1H3. The normalized spacial score (nSPS) is 57.1. The first-order valence-electron chi connectivity index (χ1n) is 6.27. The van der Waals surface area contributed by atoms with Crippen molar-refractivity contribution < 1.29 is 9.90 Å². The predicted octanol–water partition coefficient (Wildman–Crippen LogP) is 2.01. The summed E-state index contributed by atoms with van der Waals surface area (Å²) in [6.45, 7) is 2.31. The van der Waals surface area contributed by atoms with Crippen LogP contribution in [0.1, 0.15) is 39.0 Å². The van der Waals surface area contributed by atoms with Crippen molar-refractivity contribution in [3.63, 3.8) is 0 Å². The van der Waals surface area contributed by atoms with Crippen LogP contribution in [0.5, 0.6) is 0 Å². The van der Waals surface area contributed by atoms with Crippen LogP contribution in [-0.2, 0) is 4.79 Å². The summed E-state index contributed by atoms with van der Waals surface area (Å²) in [5, 5.41) is 10.1. The van der Waals surface area contributed by atoms with Crippen LogP contribution >= 0.6 is 0 Å². The number of aliphatic hydroxyl groups excluding tert-OH is 1. The summed E-state index contributed by atoms with van der Waals surface area (Å²) in [6, 6.07) is 0. The van der Waals surface area contributed by atoms with E-state index in [4.69, 9.17) is 0 Å². The predicted molar refractivity (Wildman–Crippen MR) is 57.2 cm³/mol. The number of aliphatic hydroxyl groups is 1. The van der Waals surface area contributed by atoms with Crippen LogP contribution < -0.4 is 0 Å². The fraction of sp³-hybridized carbons (Fsp3) is 0.923. The van der Waals surface area contributed by atoms with Crippen molar-refractivity contribution in [2.75, 3.05) is 0 Å². The molecular formula is C13H20O2. The molecular weight excluding hydrogens is 188 g/mol. The molecule has 0 spiro atoms. The number of rotatable bonds is 2. The molecule has 0 atom stereocenters. The Kier molecular flexibility index (Phi) is 2.01. The van der Waals surface area contributed by atoms with Crippen molar-refractivity contribution in [1.29, 1.82) is 0 Å². The number of carbonyl (C=O) groups excluding carboxylic acids is 1. The maximum atomic E-state index is 10.8. The average molecular weight is 208 g/mol. The van der Waals surface area contributed by atoms with E-state index >= 15 is 0 Å².